The van der Waals surface area contributed by atoms with Gasteiger partial charge >= 0.3 is 0 Å². The van der Waals surface area contributed by atoms with Crippen LogP contribution in [0.15, 0.2) is 30.6 Å². The van der Waals surface area contributed by atoms with Crippen LogP contribution in [0.1, 0.15) is 48.0 Å². The average Bonchev–Trinajstić information content (AvgIpc) is 3.16. The van der Waals surface area contributed by atoms with E-state index in [1.54, 1.807) is 13.1 Å². The molecule has 0 atom stereocenters. The van der Waals surface area contributed by atoms with E-state index in [0.29, 0.717) is 42.5 Å². The Morgan fingerprint density at radius 3 is 2.77 bits per heavy atom. The fourth-order valence-corrected chi connectivity index (χ4v) is 3.48. The number of ether oxygens (including phenoxy) is 1. The second-order valence-electron chi connectivity index (χ2n) is 7.27. The zero-order valence-electron chi connectivity index (χ0n) is 17.3. The van der Waals surface area contributed by atoms with Crippen molar-refractivity contribution in [3.63, 3.8) is 0 Å². The number of carbonyl (C=O) groups excluding carboxylic acids is 1. The summed E-state index contributed by atoms with van der Waals surface area (Å²) in [6.45, 7) is 5.05. The predicted molar refractivity (Wildman–Crippen MR) is 107 cm³/mol. The Morgan fingerprint density at radius 2 is 2.06 bits per heavy atom. The summed E-state index contributed by atoms with van der Waals surface area (Å²) in [6, 6.07) is 4.68. The van der Waals surface area contributed by atoms with E-state index < -0.39 is 6.43 Å². The molecule has 1 aliphatic heterocycles. The van der Waals surface area contributed by atoms with E-state index in [2.05, 4.69) is 20.3 Å². The lowest BCUT2D eigenvalue weighted by Gasteiger charge is -2.28. The van der Waals surface area contributed by atoms with Crippen LogP contribution in [-0.2, 0) is 24.4 Å². The molecule has 0 N–H and O–H groups in total. The first-order valence-electron chi connectivity index (χ1n) is 10.00. The minimum Gasteiger partial charge on any atom is -0.471 e. The molecule has 0 fully saturated rings. The molecule has 3 aromatic rings. The molecule has 4 rings (SSSR count). The lowest BCUT2D eigenvalue weighted by Crippen LogP contribution is -2.35. The molecule has 162 valence electrons. The molecule has 1 aliphatic rings. The number of amides is 1. The average molecular weight is 428 g/mol. The third-order valence-electron chi connectivity index (χ3n) is 5.28. The third-order valence-corrected chi connectivity index (χ3v) is 5.28. The third kappa shape index (κ3) is 4.37. The molecular formula is C21H22F2N6O2. The summed E-state index contributed by atoms with van der Waals surface area (Å²) in [6.07, 6.45) is 1.69. The van der Waals surface area contributed by atoms with Crippen LogP contribution in [0, 0.1) is 6.92 Å². The van der Waals surface area contributed by atoms with Crippen LogP contribution >= 0.6 is 0 Å². The highest BCUT2D eigenvalue weighted by Crippen LogP contribution is 2.23. The van der Waals surface area contributed by atoms with Crippen molar-refractivity contribution < 1.29 is 18.3 Å². The number of alkyl halides is 2. The number of aromatic nitrogens is 5. The van der Waals surface area contributed by atoms with Crippen molar-refractivity contribution in [3.05, 3.63) is 58.8 Å². The van der Waals surface area contributed by atoms with Gasteiger partial charge in [-0.3, -0.25) is 9.78 Å². The second-order valence-corrected chi connectivity index (χ2v) is 7.27. The van der Waals surface area contributed by atoms with Crippen molar-refractivity contribution in [3.8, 4) is 11.6 Å². The number of nitrogens with zero attached hydrogens (tertiary/aromatic N) is 6. The van der Waals surface area contributed by atoms with Crippen LogP contribution in [0.2, 0.25) is 0 Å². The van der Waals surface area contributed by atoms with Gasteiger partial charge in [0.15, 0.2) is 0 Å². The summed E-state index contributed by atoms with van der Waals surface area (Å²) < 4.78 is 32.9. The van der Waals surface area contributed by atoms with Gasteiger partial charge in [-0.1, -0.05) is 12.1 Å². The van der Waals surface area contributed by atoms with Crippen molar-refractivity contribution in [2.45, 2.75) is 46.3 Å². The van der Waals surface area contributed by atoms with Crippen LogP contribution in [0.4, 0.5) is 8.78 Å². The maximum absolute atomic E-state index is 12.7. The summed E-state index contributed by atoms with van der Waals surface area (Å²) in [7, 11) is 0. The first-order chi connectivity index (χ1) is 15.0. The summed E-state index contributed by atoms with van der Waals surface area (Å²) >= 11 is 0. The Morgan fingerprint density at radius 1 is 1.23 bits per heavy atom. The minimum atomic E-state index is -2.63. The molecule has 0 aromatic carbocycles. The molecule has 31 heavy (non-hydrogen) atoms. The summed E-state index contributed by atoms with van der Waals surface area (Å²) in [5.74, 6) is 0.602. The Kier molecular flexibility index (Phi) is 5.88. The Balaban J connectivity index is 1.48. The Hall–Kier alpha value is -3.43. The first-order valence-corrected chi connectivity index (χ1v) is 10.00. The largest absolute Gasteiger partial charge is 0.471 e. The molecule has 0 radical (unpaired) electrons. The van der Waals surface area contributed by atoms with Gasteiger partial charge in [0.25, 0.3) is 6.43 Å². The monoisotopic (exact) mass is 428 g/mol. The molecule has 4 heterocycles. The maximum atomic E-state index is 12.7. The topological polar surface area (TPSA) is 86.0 Å². The molecule has 0 unspecified atom stereocenters. The molecule has 0 bridgehead atoms. The number of fused-ring (bicyclic) bond motifs is 1. The lowest BCUT2D eigenvalue weighted by atomic mass is 10.0. The van der Waals surface area contributed by atoms with Gasteiger partial charge in [0.2, 0.25) is 11.8 Å². The zero-order chi connectivity index (χ0) is 22.0. The highest BCUT2D eigenvalue weighted by Gasteiger charge is 2.21. The van der Waals surface area contributed by atoms with Gasteiger partial charge in [-0.15, -0.1) is 5.10 Å². The highest BCUT2D eigenvalue weighted by molar-refractivity contribution is 5.76. The van der Waals surface area contributed by atoms with Gasteiger partial charge in [0.05, 0.1) is 17.6 Å². The quantitative estimate of drug-likeness (QED) is 0.600. The lowest BCUT2D eigenvalue weighted by molar-refractivity contribution is -0.131. The van der Waals surface area contributed by atoms with Crippen LogP contribution in [0.3, 0.4) is 0 Å². The molecule has 0 saturated carbocycles. The fraction of sp³-hybridized carbons (Fsp3) is 0.381. The van der Waals surface area contributed by atoms with E-state index >= 15 is 0 Å². The van der Waals surface area contributed by atoms with Gasteiger partial charge < -0.3 is 9.64 Å². The minimum absolute atomic E-state index is 0.137. The van der Waals surface area contributed by atoms with Crippen molar-refractivity contribution in [1.82, 2.24) is 29.9 Å². The summed E-state index contributed by atoms with van der Waals surface area (Å²) in [5.41, 5.74) is 3.68. The van der Waals surface area contributed by atoms with Crippen molar-refractivity contribution in [2.75, 3.05) is 6.54 Å². The first kappa shape index (κ1) is 20.8. The molecular weight excluding hydrogens is 406 g/mol. The number of aryl methyl sites for hydroxylation is 1. The van der Waals surface area contributed by atoms with Gasteiger partial charge in [0.1, 0.15) is 18.0 Å². The van der Waals surface area contributed by atoms with Crippen molar-refractivity contribution in [2.24, 2.45) is 0 Å². The smallest absolute Gasteiger partial charge is 0.280 e. The van der Waals surface area contributed by atoms with E-state index in [9.17, 15) is 13.6 Å². The molecule has 10 heteroatoms. The number of rotatable bonds is 6. The second kappa shape index (κ2) is 8.75. The Bertz CT molecular complexity index is 1080. The number of pyridine rings is 2. The molecule has 8 nitrogen and oxygen atoms in total. The maximum Gasteiger partial charge on any atom is 0.280 e. The van der Waals surface area contributed by atoms with Crippen LogP contribution in [0.5, 0.6) is 5.88 Å². The SMILES string of the molecule is CCC(=O)N1CCc2cc(OCc3c(C)nnn3-c3ccc(C(F)F)nc3)ncc2C1. The van der Waals surface area contributed by atoms with E-state index in [0.717, 1.165) is 17.5 Å². The molecule has 0 aliphatic carbocycles. The van der Waals surface area contributed by atoms with Crippen LogP contribution in [0.25, 0.3) is 5.69 Å². The van der Waals surface area contributed by atoms with Gasteiger partial charge in [-0.25, -0.2) is 18.4 Å². The molecule has 0 saturated heterocycles. The molecule has 1 amide bonds. The van der Waals surface area contributed by atoms with Crippen LogP contribution in [-0.4, -0.2) is 42.3 Å². The molecule has 0 spiro atoms. The van der Waals surface area contributed by atoms with Gasteiger partial charge in [-0.05, 0) is 36.6 Å². The Labute approximate surface area is 177 Å². The highest BCUT2D eigenvalue weighted by atomic mass is 19.3. The normalized spacial score (nSPS) is 13.4. The predicted octanol–water partition coefficient (Wildman–Crippen LogP) is 3.18. The van der Waals surface area contributed by atoms with E-state index in [1.165, 1.54) is 23.0 Å². The standard InChI is InChI=1S/C21H22F2N6O2/c1-3-20(30)28-7-6-14-8-19(25-9-15(14)11-28)31-12-18-13(2)26-27-29(18)16-4-5-17(21(22)23)24-10-16/h4-5,8-10,21H,3,6-7,11-12H2,1-2H3. The number of hydrogen-bond donors (Lipinski definition) is 0. The van der Waals surface area contributed by atoms with Crippen molar-refractivity contribution >= 4 is 5.91 Å². The fourth-order valence-electron chi connectivity index (χ4n) is 3.48. The number of hydrogen-bond acceptors (Lipinski definition) is 6. The summed E-state index contributed by atoms with van der Waals surface area (Å²) in [5, 5.41) is 8.14. The van der Waals surface area contributed by atoms with E-state index in [1.807, 2.05) is 17.9 Å². The van der Waals surface area contributed by atoms with Crippen molar-refractivity contribution in [1.29, 1.82) is 0 Å². The van der Waals surface area contributed by atoms with Crippen LogP contribution < -0.4 is 4.74 Å². The summed E-state index contributed by atoms with van der Waals surface area (Å²) in [4.78, 5) is 21.9. The van der Waals surface area contributed by atoms with Gasteiger partial charge in [0, 0.05) is 31.8 Å². The number of carbonyl (C=O) groups is 1. The number of halogens is 2. The molecule has 3 aromatic heterocycles. The zero-order valence-corrected chi connectivity index (χ0v) is 17.3. The van der Waals surface area contributed by atoms with Gasteiger partial charge in [-0.2, -0.15) is 0 Å². The van der Waals surface area contributed by atoms with E-state index in [4.69, 9.17) is 4.74 Å². The van der Waals surface area contributed by atoms with E-state index in [-0.39, 0.29) is 18.2 Å².